The number of carbonyl (C=O) groups excluding carboxylic acids is 1. The zero-order chi connectivity index (χ0) is 27.3. The Morgan fingerprint density at radius 2 is 2.00 bits per heavy atom. The normalized spacial score (nSPS) is 21.5. The molecule has 0 aliphatic carbocycles. The van der Waals surface area contributed by atoms with E-state index in [1.807, 2.05) is 7.05 Å². The average molecular weight is 531 g/mol. The highest BCUT2D eigenvalue weighted by Gasteiger charge is 2.36. The van der Waals surface area contributed by atoms with Gasteiger partial charge in [0.25, 0.3) is 5.91 Å². The second-order valence-electron chi connectivity index (χ2n) is 9.81. The molecule has 1 unspecified atom stereocenters. The van der Waals surface area contributed by atoms with Gasteiger partial charge in [0.2, 0.25) is 0 Å². The van der Waals surface area contributed by atoms with Gasteiger partial charge < -0.3 is 29.7 Å². The minimum Gasteiger partial charge on any atom is -0.494 e. The van der Waals surface area contributed by atoms with Crippen molar-refractivity contribution in [1.29, 1.82) is 0 Å². The molecule has 1 amide bonds. The van der Waals surface area contributed by atoms with E-state index in [-0.39, 0.29) is 47.9 Å². The van der Waals surface area contributed by atoms with Crippen LogP contribution in [0.1, 0.15) is 47.8 Å². The molecule has 4 rings (SSSR count). The molecule has 3 atom stereocenters. The maximum atomic E-state index is 13.6. The number of nitrogens with zero attached hydrogens (tertiary/aromatic N) is 3. The topological polar surface area (TPSA) is 128 Å². The van der Waals surface area contributed by atoms with Crippen molar-refractivity contribution in [3.05, 3.63) is 52.9 Å². The van der Waals surface area contributed by atoms with Gasteiger partial charge in [-0.2, -0.15) is 0 Å². The number of benzene rings is 1. The molecule has 0 bridgehead atoms. The summed E-state index contributed by atoms with van der Waals surface area (Å²) in [7, 11) is 3.29. The van der Waals surface area contributed by atoms with Crippen LogP contribution in [-0.4, -0.2) is 79.5 Å². The van der Waals surface area contributed by atoms with Crippen molar-refractivity contribution >= 4 is 11.6 Å². The van der Waals surface area contributed by atoms with Crippen molar-refractivity contribution in [2.45, 2.75) is 57.7 Å². The molecule has 3 N–H and O–H groups in total. The van der Waals surface area contributed by atoms with Crippen LogP contribution in [0.25, 0.3) is 0 Å². The van der Waals surface area contributed by atoms with Crippen LogP contribution < -0.4 is 20.7 Å². The summed E-state index contributed by atoms with van der Waals surface area (Å²) in [6.07, 6.45) is -0.157. The summed E-state index contributed by atoms with van der Waals surface area (Å²) in [4.78, 5) is 27.2. The summed E-state index contributed by atoms with van der Waals surface area (Å²) in [6, 6.07) is 6.00. The Balaban J connectivity index is 1.31. The minimum atomic E-state index is -0.466. The van der Waals surface area contributed by atoms with Gasteiger partial charge in [-0.05, 0) is 51.6 Å². The summed E-state index contributed by atoms with van der Waals surface area (Å²) in [5.74, 6) is -0.310. The number of carbonyl (C=O) groups is 1. The second-order valence-corrected chi connectivity index (χ2v) is 9.81. The first-order valence-corrected chi connectivity index (χ1v) is 12.5. The van der Waals surface area contributed by atoms with Crippen LogP contribution in [0.15, 0.2) is 29.4 Å². The largest absolute Gasteiger partial charge is 0.494 e. The summed E-state index contributed by atoms with van der Waals surface area (Å²) in [5, 5.41) is 13.6. The zero-order valence-electron chi connectivity index (χ0n) is 22.3. The summed E-state index contributed by atoms with van der Waals surface area (Å²) >= 11 is 0. The number of halogens is 1. The Hall–Kier alpha value is -3.19. The molecule has 1 saturated heterocycles. The fourth-order valence-electron chi connectivity index (χ4n) is 4.01. The summed E-state index contributed by atoms with van der Waals surface area (Å²) < 4.78 is 30.7. The smallest absolute Gasteiger partial charge is 0.270 e. The lowest BCUT2D eigenvalue weighted by molar-refractivity contribution is -0.170. The molecule has 2 aliphatic rings. The lowest BCUT2D eigenvalue weighted by atomic mass is 10.0. The number of methoxy groups -OCH3 is 1. The van der Waals surface area contributed by atoms with Crippen molar-refractivity contribution in [3.63, 3.8) is 0 Å². The Morgan fingerprint density at radius 1 is 1.18 bits per heavy atom. The number of oxime groups is 1. The van der Waals surface area contributed by atoms with E-state index in [9.17, 15) is 9.18 Å². The Bertz CT molecular complexity index is 1170. The fraction of sp³-hybridized carbons (Fsp3) is 0.538. The molecule has 1 aromatic heterocycles. The van der Waals surface area contributed by atoms with E-state index in [0.717, 1.165) is 0 Å². The van der Waals surface area contributed by atoms with Gasteiger partial charge in [-0.25, -0.2) is 14.4 Å². The average Bonchev–Trinajstić information content (AvgIpc) is 3.42. The van der Waals surface area contributed by atoms with E-state index in [0.29, 0.717) is 49.0 Å². The van der Waals surface area contributed by atoms with Crippen molar-refractivity contribution in [2.75, 3.05) is 33.9 Å². The van der Waals surface area contributed by atoms with E-state index in [2.05, 4.69) is 44.9 Å². The third-order valence-corrected chi connectivity index (χ3v) is 6.53. The molecular formula is C26H35FN6O5. The number of aromatic nitrogens is 2. The first-order valence-electron chi connectivity index (χ1n) is 12.5. The third kappa shape index (κ3) is 7.01. The van der Waals surface area contributed by atoms with Crippen molar-refractivity contribution in [2.24, 2.45) is 5.16 Å². The van der Waals surface area contributed by atoms with E-state index in [1.54, 1.807) is 19.1 Å². The standard InChI is InChI=1S/C26H35FN6O5/c1-15-31-19(9-21(32-15)25(34)29-11-16-6-7-18(27)22(8-16)35-5)20-10-23(38-33-20)24-14-36-17(13-37-24)12-30-26(2,3)28-4/h6-9,17,23-24,28,30H,10-14H2,1-5H3,(H,29,34)/t17?,23-,24+/m0/s1. The predicted molar refractivity (Wildman–Crippen MR) is 138 cm³/mol. The summed E-state index contributed by atoms with van der Waals surface area (Å²) in [5.41, 5.74) is 1.82. The van der Waals surface area contributed by atoms with Crippen molar-refractivity contribution < 1.29 is 28.2 Å². The van der Waals surface area contributed by atoms with Gasteiger partial charge in [-0.1, -0.05) is 11.2 Å². The van der Waals surface area contributed by atoms with Gasteiger partial charge >= 0.3 is 0 Å². The zero-order valence-corrected chi connectivity index (χ0v) is 22.3. The molecule has 2 aromatic rings. The SMILES string of the molecule is CNC(C)(C)NCC1CO[C@@H]([C@@H]2CC(c3cc(C(=O)NCc4ccc(F)c(OC)c4)nc(C)n3)=NO2)CO1. The van der Waals surface area contributed by atoms with Crippen LogP contribution in [0.2, 0.25) is 0 Å². The van der Waals surface area contributed by atoms with Gasteiger partial charge in [0, 0.05) is 19.5 Å². The number of ether oxygens (including phenoxy) is 3. The maximum absolute atomic E-state index is 13.6. The summed E-state index contributed by atoms with van der Waals surface area (Å²) in [6.45, 7) is 7.50. The number of hydrogen-bond acceptors (Lipinski definition) is 10. The van der Waals surface area contributed by atoms with Gasteiger partial charge in [0.15, 0.2) is 17.7 Å². The molecule has 0 saturated carbocycles. The Kier molecular flexibility index (Phi) is 8.87. The van der Waals surface area contributed by atoms with Crippen LogP contribution in [0.3, 0.4) is 0 Å². The molecular weight excluding hydrogens is 495 g/mol. The molecule has 1 aromatic carbocycles. The van der Waals surface area contributed by atoms with Crippen LogP contribution in [-0.2, 0) is 20.9 Å². The van der Waals surface area contributed by atoms with Crippen LogP contribution >= 0.6 is 0 Å². The first kappa shape index (κ1) is 27.8. The molecule has 0 radical (unpaired) electrons. The molecule has 2 aliphatic heterocycles. The van der Waals surface area contributed by atoms with Crippen LogP contribution in [0.4, 0.5) is 4.39 Å². The molecule has 0 spiro atoms. The van der Waals surface area contributed by atoms with E-state index < -0.39 is 5.82 Å². The Morgan fingerprint density at radius 3 is 2.71 bits per heavy atom. The lowest BCUT2D eigenvalue weighted by Gasteiger charge is -2.34. The number of aryl methyl sites for hydroxylation is 1. The van der Waals surface area contributed by atoms with E-state index in [4.69, 9.17) is 19.0 Å². The van der Waals surface area contributed by atoms with Crippen molar-refractivity contribution in [3.8, 4) is 5.75 Å². The molecule has 206 valence electrons. The highest BCUT2D eigenvalue weighted by molar-refractivity contribution is 6.02. The predicted octanol–water partition coefficient (Wildman–Crippen LogP) is 1.68. The first-order chi connectivity index (χ1) is 18.2. The lowest BCUT2D eigenvalue weighted by Crippen LogP contribution is -2.54. The van der Waals surface area contributed by atoms with Crippen LogP contribution in [0, 0.1) is 12.7 Å². The van der Waals surface area contributed by atoms with Gasteiger partial charge in [0.1, 0.15) is 23.3 Å². The van der Waals surface area contributed by atoms with Crippen molar-refractivity contribution in [1.82, 2.24) is 25.9 Å². The van der Waals surface area contributed by atoms with Gasteiger partial charge in [0.05, 0.1) is 37.8 Å². The molecule has 3 heterocycles. The van der Waals surface area contributed by atoms with E-state index >= 15 is 0 Å². The van der Waals surface area contributed by atoms with E-state index in [1.165, 1.54) is 19.2 Å². The molecule has 1 fully saturated rings. The number of hydrogen-bond donors (Lipinski definition) is 3. The number of rotatable bonds is 10. The third-order valence-electron chi connectivity index (χ3n) is 6.53. The molecule has 11 nitrogen and oxygen atoms in total. The highest BCUT2D eigenvalue weighted by Crippen LogP contribution is 2.23. The monoisotopic (exact) mass is 530 g/mol. The highest BCUT2D eigenvalue weighted by atomic mass is 19.1. The maximum Gasteiger partial charge on any atom is 0.270 e. The molecule has 38 heavy (non-hydrogen) atoms. The number of nitrogens with one attached hydrogen (secondary N) is 3. The van der Waals surface area contributed by atoms with Gasteiger partial charge in [-0.3, -0.25) is 10.1 Å². The molecule has 12 heteroatoms. The minimum absolute atomic E-state index is 0.0535. The quantitative estimate of drug-likeness (QED) is 0.393. The van der Waals surface area contributed by atoms with Crippen LogP contribution in [0.5, 0.6) is 5.75 Å². The fourth-order valence-corrected chi connectivity index (χ4v) is 4.01. The van der Waals surface area contributed by atoms with Gasteiger partial charge in [-0.15, -0.1) is 0 Å². The Labute approximate surface area is 221 Å². The number of amides is 1. The second kappa shape index (κ2) is 12.1.